The smallest absolute Gasteiger partial charge is 0.420 e. The van der Waals surface area contributed by atoms with Gasteiger partial charge in [0.1, 0.15) is 5.75 Å². The molecule has 0 spiro atoms. The van der Waals surface area contributed by atoms with Crippen LogP contribution in [0, 0.1) is 0 Å². The Labute approximate surface area is 102 Å². The van der Waals surface area contributed by atoms with E-state index in [-0.39, 0.29) is 23.8 Å². The Morgan fingerprint density at radius 2 is 2.00 bits per heavy atom. The molecule has 1 rings (SSSR count). The Balaban J connectivity index is 3.25. The number of aliphatic hydroxyl groups is 1. The average molecular weight is 269 g/mol. The third-order valence-corrected chi connectivity index (χ3v) is 2.46. The van der Waals surface area contributed by atoms with Gasteiger partial charge in [0.25, 0.3) is 0 Å². The molecule has 0 heterocycles. The molecule has 2 nitrogen and oxygen atoms in total. The van der Waals surface area contributed by atoms with Crippen molar-refractivity contribution >= 4 is 11.6 Å². The first kappa shape index (κ1) is 14.1. The highest BCUT2D eigenvalue weighted by atomic mass is 35.5. The van der Waals surface area contributed by atoms with E-state index in [1.54, 1.807) is 0 Å². The van der Waals surface area contributed by atoms with E-state index >= 15 is 0 Å². The Kier molecular flexibility index (Phi) is 4.65. The molecular formula is C11H12ClF3O2. The van der Waals surface area contributed by atoms with Gasteiger partial charge in [-0.2, -0.15) is 13.2 Å². The van der Waals surface area contributed by atoms with Crippen LogP contribution in [0.25, 0.3) is 0 Å². The molecule has 0 aliphatic rings. The molecule has 96 valence electrons. The summed E-state index contributed by atoms with van der Waals surface area (Å²) in [5, 5.41) is 8.70. The molecule has 0 bridgehead atoms. The maximum absolute atomic E-state index is 12.7. The maximum atomic E-state index is 12.7. The fourth-order valence-corrected chi connectivity index (χ4v) is 1.80. The van der Waals surface area contributed by atoms with Crippen molar-refractivity contribution in [1.29, 1.82) is 0 Å². The average Bonchev–Trinajstić information content (AvgIpc) is 2.24. The highest BCUT2D eigenvalue weighted by Gasteiger charge is 2.35. The number of halogens is 4. The molecular weight excluding hydrogens is 257 g/mol. The number of rotatable bonds is 4. The first-order valence-electron chi connectivity index (χ1n) is 4.94. The molecule has 0 atom stereocenters. The highest BCUT2D eigenvalue weighted by Crippen LogP contribution is 2.40. The van der Waals surface area contributed by atoms with Crippen LogP contribution in [-0.2, 0) is 12.6 Å². The Morgan fingerprint density at radius 1 is 1.35 bits per heavy atom. The number of methoxy groups -OCH3 is 1. The van der Waals surface area contributed by atoms with Gasteiger partial charge in [0.05, 0.1) is 12.7 Å². The molecule has 0 aromatic heterocycles. The molecule has 0 aliphatic carbocycles. The van der Waals surface area contributed by atoms with E-state index in [0.29, 0.717) is 12.0 Å². The van der Waals surface area contributed by atoms with Gasteiger partial charge in [0, 0.05) is 11.6 Å². The monoisotopic (exact) mass is 268 g/mol. The third-order valence-electron chi connectivity index (χ3n) is 2.24. The fourth-order valence-electron chi connectivity index (χ4n) is 1.56. The van der Waals surface area contributed by atoms with Gasteiger partial charge in [0.2, 0.25) is 0 Å². The summed E-state index contributed by atoms with van der Waals surface area (Å²) in [7, 11) is 1.18. The second-order valence-electron chi connectivity index (χ2n) is 3.47. The lowest BCUT2D eigenvalue weighted by molar-refractivity contribution is -0.138. The Hall–Kier alpha value is -0.940. The van der Waals surface area contributed by atoms with Gasteiger partial charge in [-0.3, -0.25) is 0 Å². The molecule has 0 unspecified atom stereocenters. The molecule has 0 aliphatic heterocycles. The van der Waals surface area contributed by atoms with Crippen molar-refractivity contribution < 1.29 is 23.0 Å². The summed E-state index contributed by atoms with van der Waals surface area (Å²) in [4.78, 5) is 0. The minimum Gasteiger partial charge on any atom is -0.496 e. The number of hydrogen-bond donors (Lipinski definition) is 1. The minimum atomic E-state index is -4.51. The predicted octanol–water partition coefficient (Wildman–Crippen LogP) is 3.29. The van der Waals surface area contributed by atoms with Gasteiger partial charge in [0.15, 0.2) is 0 Å². The van der Waals surface area contributed by atoms with E-state index in [9.17, 15) is 13.2 Å². The zero-order chi connectivity index (χ0) is 13.1. The van der Waals surface area contributed by atoms with Gasteiger partial charge in [-0.15, -0.1) is 0 Å². The first-order valence-corrected chi connectivity index (χ1v) is 5.32. The van der Waals surface area contributed by atoms with Crippen molar-refractivity contribution in [2.24, 2.45) is 0 Å². The van der Waals surface area contributed by atoms with E-state index in [1.807, 2.05) is 0 Å². The summed E-state index contributed by atoms with van der Waals surface area (Å²) in [6, 6.07) is 2.26. The normalized spacial score (nSPS) is 11.6. The van der Waals surface area contributed by atoms with Gasteiger partial charge in [-0.1, -0.05) is 11.6 Å². The van der Waals surface area contributed by atoms with Gasteiger partial charge in [-0.05, 0) is 30.5 Å². The highest BCUT2D eigenvalue weighted by molar-refractivity contribution is 6.30. The van der Waals surface area contributed by atoms with Crippen molar-refractivity contribution in [2.45, 2.75) is 19.0 Å². The molecule has 0 saturated heterocycles. The van der Waals surface area contributed by atoms with Crippen LogP contribution in [0.5, 0.6) is 5.75 Å². The van der Waals surface area contributed by atoms with Crippen LogP contribution in [0.15, 0.2) is 12.1 Å². The summed E-state index contributed by atoms with van der Waals surface area (Å²) in [5.74, 6) is -0.227. The lowest BCUT2D eigenvalue weighted by Crippen LogP contribution is -2.09. The van der Waals surface area contributed by atoms with Crippen molar-refractivity contribution in [3.63, 3.8) is 0 Å². The van der Waals surface area contributed by atoms with Crippen LogP contribution in [-0.4, -0.2) is 18.8 Å². The molecule has 1 N–H and O–H groups in total. The summed E-state index contributed by atoms with van der Waals surface area (Å²) in [6.07, 6.45) is -3.87. The zero-order valence-corrected chi connectivity index (χ0v) is 9.90. The van der Waals surface area contributed by atoms with Crippen LogP contribution in [0.3, 0.4) is 0 Å². The number of hydrogen-bond acceptors (Lipinski definition) is 2. The maximum Gasteiger partial charge on any atom is 0.420 e. The second-order valence-corrected chi connectivity index (χ2v) is 3.91. The van der Waals surface area contributed by atoms with Gasteiger partial charge < -0.3 is 9.84 Å². The quantitative estimate of drug-likeness (QED) is 0.908. The molecule has 0 amide bonds. The second kappa shape index (κ2) is 5.60. The standard InChI is InChI=1S/C11H12ClF3O2/c1-17-10-7(3-2-4-16)5-8(12)6-9(10)11(13,14)15/h5-6,16H,2-4H2,1H3. The number of aryl methyl sites for hydroxylation is 1. The van der Waals surface area contributed by atoms with Gasteiger partial charge >= 0.3 is 6.18 Å². The minimum absolute atomic E-state index is 0.00562. The molecule has 17 heavy (non-hydrogen) atoms. The van der Waals surface area contributed by atoms with E-state index in [2.05, 4.69) is 0 Å². The molecule has 0 radical (unpaired) electrons. The van der Waals surface area contributed by atoms with Gasteiger partial charge in [-0.25, -0.2) is 0 Å². The van der Waals surface area contributed by atoms with Crippen LogP contribution in [0.2, 0.25) is 5.02 Å². The lowest BCUT2D eigenvalue weighted by Gasteiger charge is -2.16. The van der Waals surface area contributed by atoms with Crippen LogP contribution < -0.4 is 4.74 Å². The van der Waals surface area contributed by atoms with Crippen molar-refractivity contribution in [3.8, 4) is 5.75 Å². The summed E-state index contributed by atoms with van der Waals surface area (Å²) < 4.78 is 43.0. The topological polar surface area (TPSA) is 29.5 Å². The summed E-state index contributed by atoms with van der Waals surface area (Å²) in [5.41, 5.74) is -0.540. The van der Waals surface area contributed by atoms with Crippen LogP contribution >= 0.6 is 11.6 Å². The molecule has 1 aromatic carbocycles. The number of benzene rings is 1. The van der Waals surface area contributed by atoms with E-state index < -0.39 is 11.7 Å². The first-order chi connectivity index (χ1) is 7.90. The molecule has 0 fully saturated rings. The lowest BCUT2D eigenvalue weighted by atomic mass is 10.0. The van der Waals surface area contributed by atoms with Crippen molar-refractivity contribution in [1.82, 2.24) is 0 Å². The van der Waals surface area contributed by atoms with Crippen LogP contribution in [0.1, 0.15) is 17.5 Å². The SMILES string of the molecule is COc1c(CCCO)cc(Cl)cc1C(F)(F)F. The number of aliphatic hydroxyl groups excluding tert-OH is 1. The van der Waals surface area contributed by atoms with E-state index in [4.69, 9.17) is 21.4 Å². The van der Waals surface area contributed by atoms with E-state index in [1.165, 1.54) is 13.2 Å². The number of ether oxygens (including phenoxy) is 1. The van der Waals surface area contributed by atoms with E-state index in [0.717, 1.165) is 6.07 Å². The summed E-state index contributed by atoms with van der Waals surface area (Å²) >= 11 is 5.65. The Bertz CT molecular complexity index is 391. The fraction of sp³-hybridized carbons (Fsp3) is 0.455. The van der Waals surface area contributed by atoms with Crippen LogP contribution in [0.4, 0.5) is 13.2 Å². The number of alkyl halides is 3. The Morgan fingerprint density at radius 3 is 2.47 bits per heavy atom. The summed E-state index contributed by atoms with van der Waals surface area (Å²) in [6.45, 7) is -0.100. The van der Waals surface area contributed by atoms with Crippen molar-refractivity contribution in [2.75, 3.05) is 13.7 Å². The third kappa shape index (κ3) is 3.51. The van der Waals surface area contributed by atoms with Crippen molar-refractivity contribution in [3.05, 3.63) is 28.3 Å². The predicted molar refractivity (Wildman–Crippen MR) is 58.4 cm³/mol. The zero-order valence-electron chi connectivity index (χ0n) is 9.14. The largest absolute Gasteiger partial charge is 0.496 e. The molecule has 1 aromatic rings. The molecule has 6 heteroatoms. The molecule has 0 saturated carbocycles.